The molecular formula is C15H28N2O. The molecule has 3 heteroatoms. The second-order valence-corrected chi connectivity index (χ2v) is 6.63. The van der Waals surface area contributed by atoms with Crippen LogP contribution in [-0.4, -0.2) is 30.1 Å². The minimum absolute atomic E-state index is 0.280. The number of carbonyl (C=O) groups excluding carboxylic acids is 1. The van der Waals surface area contributed by atoms with Gasteiger partial charge in [0.15, 0.2) is 0 Å². The smallest absolute Gasteiger partial charge is 0.237 e. The third-order valence-corrected chi connectivity index (χ3v) is 4.58. The molecule has 2 rings (SSSR count). The van der Waals surface area contributed by atoms with Crippen LogP contribution in [0, 0.1) is 11.3 Å². The van der Waals surface area contributed by atoms with Crippen molar-refractivity contribution in [2.45, 2.75) is 65.5 Å². The molecule has 1 aliphatic carbocycles. The summed E-state index contributed by atoms with van der Waals surface area (Å²) in [6.45, 7) is 8.29. The van der Waals surface area contributed by atoms with E-state index in [1.807, 2.05) is 0 Å². The summed E-state index contributed by atoms with van der Waals surface area (Å²) in [6.07, 6.45) is 7.88. The third kappa shape index (κ3) is 2.87. The minimum Gasteiger partial charge on any atom is -0.326 e. The monoisotopic (exact) mass is 252 g/mol. The van der Waals surface area contributed by atoms with Gasteiger partial charge in [-0.25, -0.2) is 0 Å². The molecule has 0 aromatic heterocycles. The van der Waals surface area contributed by atoms with Crippen molar-refractivity contribution in [1.29, 1.82) is 0 Å². The van der Waals surface area contributed by atoms with Gasteiger partial charge in [-0.1, -0.05) is 33.6 Å². The van der Waals surface area contributed by atoms with Crippen LogP contribution in [0.3, 0.4) is 0 Å². The Bertz CT molecular complexity index is 295. The predicted molar refractivity (Wildman–Crippen MR) is 74.2 cm³/mol. The maximum Gasteiger partial charge on any atom is 0.237 e. The number of amides is 1. The quantitative estimate of drug-likeness (QED) is 0.816. The Morgan fingerprint density at radius 3 is 2.61 bits per heavy atom. The highest BCUT2D eigenvalue weighted by molar-refractivity contribution is 5.80. The van der Waals surface area contributed by atoms with Crippen molar-refractivity contribution in [2.24, 2.45) is 11.3 Å². The molecule has 3 nitrogen and oxygen atoms in total. The van der Waals surface area contributed by atoms with E-state index in [2.05, 4.69) is 31.0 Å². The number of carbonyl (C=O) groups is 1. The molecule has 0 spiro atoms. The maximum absolute atomic E-state index is 12.0. The van der Waals surface area contributed by atoms with Gasteiger partial charge in [0.2, 0.25) is 5.91 Å². The van der Waals surface area contributed by atoms with Crippen LogP contribution in [0.15, 0.2) is 0 Å². The van der Waals surface area contributed by atoms with Crippen LogP contribution in [0.5, 0.6) is 0 Å². The topological polar surface area (TPSA) is 32.3 Å². The van der Waals surface area contributed by atoms with Gasteiger partial charge in [-0.15, -0.1) is 0 Å². The van der Waals surface area contributed by atoms with Crippen LogP contribution < -0.4 is 5.32 Å². The van der Waals surface area contributed by atoms with Gasteiger partial charge < -0.3 is 4.90 Å². The lowest BCUT2D eigenvalue weighted by atomic mass is 9.78. The molecule has 2 fully saturated rings. The SMILES string of the molecule is CCC1NCC(=O)N1CC1(CC(C)C)CCCC1. The highest BCUT2D eigenvalue weighted by atomic mass is 16.2. The molecule has 2 aliphatic rings. The van der Waals surface area contributed by atoms with E-state index in [0.29, 0.717) is 17.9 Å². The molecule has 1 saturated heterocycles. The Hall–Kier alpha value is -0.570. The fraction of sp³-hybridized carbons (Fsp3) is 0.933. The first-order chi connectivity index (χ1) is 8.56. The average molecular weight is 252 g/mol. The number of nitrogens with zero attached hydrogens (tertiary/aromatic N) is 1. The summed E-state index contributed by atoms with van der Waals surface area (Å²) in [5, 5.41) is 3.33. The van der Waals surface area contributed by atoms with Crippen LogP contribution >= 0.6 is 0 Å². The first-order valence-electron chi connectivity index (χ1n) is 7.59. The van der Waals surface area contributed by atoms with Gasteiger partial charge >= 0.3 is 0 Å². The molecule has 0 aromatic rings. The Morgan fingerprint density at radius 1 is 1.39 bits per heavy atom. The summed E-state index contributed by atoms with van der Waals surface area (Å²) in [7, 11) is 0. The molecule has 0 bridgehead atoms. The molecule has 1 N–H and O–H groups in total. The standard InChI is InChI=1S/C15H28N2O/c1-4-13-16-10-14(18)17(13)11-15(9-12(2)3)7-5-6-8-15/h12-13,16H,4-11H2,1-3H3. The minimum atomic E-state index is 0.280. The maximum atomic E-state index is 12.0. The summed E-state index contributed by atoms with van der Waals surface area (Å²) >= 11 is 0. The normalized spacial score (nSPS) is 27.4. The van der Waals surface area contributed by atoms with Crippen molar-refractivity contribution in [1.82, 2.24) is 10.2 Å². The van der Waals surface area contributed by atoms with Gasteiger partial charge in [0.25, 0.3) is 0 Å². The highest BCUT2D eigenvalue weighted by Gasteiger charge is 2.40. The fourth-order valence-corrected chi connectivity index (χ4v) is 3.93. The molecule has 1 unspecified atom stereocenters. The zero-order valence-corrected chi connectivity index (χ0v) is 12.2. The number of hydrogen-bond acceptors (Lipinski definition) is 2. The van der Waals surface area contributed by atoms with Crippen molar-refractivity contribution < 1.29 is 4.79 Å². The number of rotatable bonds is 5. The lowest BCUT2D eigenvalue weighted by molar-refractivity contribution is -0.129. The first-order valence-corrected chi connectivity index (χ1v) is 7.59. The molecule has 1 amide bonds. The zero-order chi connectivity index (χ0) is 13.2. The lowest BCUT2D eigenvalue weighted by Gasteiger charge is -2.37. The second kappa shape index (κ2) is 5.60. The summed E-state index contributed by atoms with van der Waals surface area (Å²) in [5.41, 5.74) is 0.406. The van der Waals surface area contributed by atoms with Gasteiger partial charge in [-0.2, -0.15) is 0 Å². The van der Waals surface area contributed by atoms with Crippen LogP contribution in [-0.2, 0) is 4.79 Å². The third-order valence-electron chi connectivity index (χ3n) is 4.58. The van der Waals surface area contributed by atoms with E-state index < -0.39 is 0 Å². The fourth-order valence-electron chi connectivity index (χ4n) is 3.93. The van der Waals surface area contributed by atoms with E-state index in [4.69, 9.17) is 0 Å². The predicted octanol–water partition coefficient (Wildman–Crippen LogP) is 2.76. The number of nitrogens with one attached hydrogen (secondary N) is 1. The summed E-state index contributed by atoms with van der Waals surface area (Å²) in [4.78, 5) is 14.1. The van der Waals surface area contributed by atoms with Gasteiger partial charge in [0, 0.05) is 6.54 Å². The molecule has 1 aliphatic heterocycles. The van der Waals surface area contributed by atoms with Gasteiger partial charge in [-0.3, -0.25) is 10.1 Å². The lowest BCUT2D eigenvalue weighted by Crippen LogP contribution is -2.44. The van der Waals surface area contributed by atoms with Crippen LogP contribution in [0.2, 0.25) is 0 Å². The molecule has 0 radical (unpaired) electrons. The first kappa shape index (κ1) is 13.9. The van der Waals surface area contributed by atoms with Gasteiger partial charge in [0.1, 0.15) is 0 Å². The van der Waals surface area contributed by atoms with Crippen molar-refractivity contribution in [3.8, 4) is 0 Å². The highest BCUT2D eigenvalue weighted by Crippen LogP contribution is 2.44. The van der Waals surface area contributed by atoms with E-state index in [1.165, 1.54) is 32.1 Å². The Labute approximate surface area is 111 Å². The Kier molecular flexibility index (Phi) is 4.31. The van der Waals surface area contributed by atoms with Crippen LogP contribution in [0.1, 0.15) is 59.3 Å². The van der Waals surface area contributed by atoms with E-state index in [0.717, 1.165) is 18.9 Å². The van der Waals surface area contributed by atoms with Crippen molar-refractivity contribution in [3.63, 3.8) is 0 Å². The molecule has 18 heavy (non-hydrogen) atoms. The van der Waals surface area contributed by atoms with Gasteiger partial charge in [0.05, 0.1) is 12.7 Å². The van der Waals surface area contributed by atoms with Crippen LogP contribution in [0.4, 0.5) is 0 Å². The van der Waals surface area contributed by atoms with Crippen molar-refractivity contribution >= 4 is 5.91 Å². The molecule has 0 aromatic carbocycles. The summed E-state index contributed by atoms with van der Waals surface area (Å²) in [6, 6.07) is 0. The number of hydrogen-bond donors (Lipinski definition) is 1. The van der Waals surface area contributed by atoms with Gasteiger partial charge in [-0.05, 0) is 37.0 Å². The van der Waals surface area contributed by atoms with Crippen molar-refractivity contribution in [3.05, 3.63) is 0 Å². The molecule has 1 atom stereocenters. The van der Waals surface area contributed by atoms with E-state index >= 15 is 0 Å². The molecular weight excluding hydrogens is 224 g/mol. The van der Waals surface area contributed by atoms with Crippen molar-refractivity contribution in [2.75, 3.05) is 13.1 Å². The Morgan fingerprint density at radius 2 is 2.06 bits per heavy atom. The summed E-state index contributed by atoms with van der Waals surface area (Å²) in [5.74, 6) is 1.03. The molecule has 1 saturated carbocycles. The molecule has 104 valence electrons. The largest absolute Gasteiger partial charge is 0.326 e. The van der Waals surface area contributed by atoms with E-state index in [-0.39, 0.29) is 6.17 Å². The van der Waals surface area contributed by atoms with E-state index in [9.17, 15) is 4.79 Å². The summed E-state index contributed by atoms with van der Waals surface area (Å²) < 4.78 is 0. The second-order valence-electron chi connectivity index (χ2n) is 6.63. The zero-order valence-electron chi connectivity index (χ0n) is 12.2. The Balaban J connectivity index is 2.06. The average Bonchev–Trinajstić information content (AvgIpc) is 2.88. The van der Waals surface area contributed by atoms with Crippen LogP contribution in [0.25, 0.3) is 0 Å². The molecule has 1 heterocycles. The van der Waals surface area contributed by atoms with E-state index in [1.54, 1.807) is 0 Å².